The van der Waals surface area contributed by atoms with E-state index in [1.807, 2.05) is 45.0 Å². The van der Waals surface area contributed by atoms with Crippen LogP contribution in [0.4, 0.5) is 4.79 Å². The topological polar surface area (TPSA) is 68.6 Å². The molecule has 30 heavy (non-hydrogen) atoms. The first-order valence-corrected chi connectivity index (χ1v) is 10.7. The molecule has 6 nitrogen and oxygen atoms in total. The summed E-state index contributed by atoms with van der Waals surface area (Å²) in [4.78, 5) is 38.4. The van der Waals surface area contributed by atoms with Gasteiger partial charge in [0, 0.05) is 22.1 Å². The number of amides is 2. The standard InChI is InChI=1S/C22H23ClN2O4S/c1-6-29-21(27)15(5)25-20(26)19(30-22(25)28)11-16-10-12(2)24(14(16)4)18-9-7-8-17(23)13(18)3/h7-11,15H,6H2,1-5H3/b19-11+/t15-/m1/s1. The summed E-state index contributed by atoms with van der Waals surface area (Å²) in [5, 5.41) is 0.196. The van der Waals surface area contributed by atoms with Gasteiger partial charge in [0.2, 0.25) is 0 Å². The van der Waals surface area contributed by atoms with Crippen LogP contribution >= 0.6 is 23.4 Å². The van der Waals surface area contributed by atoms with Crippen molar-refractivity contribution in [2.75, 3.05) is 6.61 Å². The highest BCUT2D eigenvalue weighted by Gasteiger charge is 2.41. The summed E-state index contributed by atoms with van der Waals surface area (Å²) >= 11 is 7.11. The number of benzene rings is 1. The number of halogens is 1. The summed E-state index contributed by atoms with van der Waals surface area (Å²) in [5.41, 5.74) is 4.63. The first-order valence-electron chi connectivity index (χ1n) is 9.55. The fourth-order valence-corrected chi connectivity index (χ4v) is 4.53. The molecule has 2 heterocycles. The number of hydrogen-bond acceptors (Lipinski definition) is 5. The van der Waals surface area contributed by atoms with Crippen molar-refractivity contribution in [2.45, 2.75) is 40.7 Å². The Kier molecular flexibility index (Phi) is 6.43. The van der Waals surface area contributed by atoms with Gasteiger partial charge in [0.05, 0.1) is 11.5 Å². The van der Waals surface area contributed by atoms with Gasteiger partial charge >= 0.3 is 5.97 Å². The fourth-order valence-electron chi connectivity index (χ4n) is 3.47. The molecule has 1 aromatic heterocycles. The molecular formula is C22H23ClN2O4S. The number of nitrogens with zero attached hydrogens (tertiary/aromatic N) is 2. The zero-order valence-corrected chi connectivity index (χ0v) is 19.1. The first kappa shape index (κ1) is 22.2. The van der Waals surface area contributed by atoms with Crippen LogP contribution in [0.5, 0.6) is 0 Å². The quantitative estimate of drug-likeness (QED) is 0.475. The van der Waals surface area contributed by atoms with E-state index in [9.17, 15) is 14.4 Å². The number of thioether (sulfide) groups is 1. The number of ether oxygens (including phenoxy) is 1. The van der Waals surface area contributed by atoms with Crippen molar-refractivity contribution < 1.29 is 19.1 Å². The third-order valence-electron chi connectivity index (χ3n) is 5.08. The molecule has 0 spiro atoms. The van der Waals surface area contributed by atoms with E-state index in [4.69, 9.17) is 16.3 Å². The predicted molar refractivity (Wildman–Crippen MR) is 119 cm³/mol. The van der Waals surface area contributed by atoms with Gasteiger partial charge in [0.15, 0.2) is 0 Å². The molecule has 3 rings (SSSR count). The van der Waals surface area contributed by atoms with Crippen LogP contribution in [0.1, 0.15) is 36.4 Å². The largest absolute Gasteiger partial charge is 0.464 e. The summed E-state index contributed by atoms with van der Waals surface area (Å²) < 4.78 is 7.01. The molecule has 2 amide bonds. The highest BCUT2D eigenvalue weighted by molar-refractivity contribution is 8.18. The zero-order chi connectivity index (χ0) is 22.2. The Bertz CT molecular complexity index is 1070. The molecule has 1 atom stereocenters. The third-order valence-corrected chi connectivity index (χ3v) is 6.37. The molecule has 2 aromatic rings. The molecule has 1 aliphatic rings. The maximum absolute atomic E-state index is 12.8. The molecular weight excluding hydrogens is 424 g/mol. The monoisotopic (exact) mass is 446 g/mol. The molecule has 1 fully saturated rings. The molecule has 0 unspecified atom stereocenters. The lowest BCUT2D eigenvalue weighted by Gasteiger charge is -2.19. The lowest BCUT2D eigenvalue weighted by molar-refractivity contribution is -0.150. The van der Waals surface area contributed by atoms with Crippen molar-refractivity contribution in [2.24, 2.45) is 0 Å². The second-order valence-corrected chi connectivity index (χ2v) is 8.43. The lowest BCUT2D eigenvalue weighted by Crippen LogP contribution is -2.42. The highest BCUT2D eigenvalue weighted by Crippen LogP contribution is 2.35. The van der Waals surface area contributed by atoms with E-state index in [2.05, 4.69) is 4.57 Å². The van der Waals surface area contributed by atoms with Gasteiger partial charge in [-0.3, -0.25) is 14.5 Å². The molecule has 0 N–H and O–H groups in total. The predicted octanol–water partition coefficient (Wildman–Crippen LogP) is 5.04. The number of esters is 1. The number of rotatable bonds is 5. The van der Waals surface area contributed by atoms with E-state index >= 15 is 0 Å². The van der Waals surface area contributed by atoms with Crippen LogP contribution in [0.15, 0.2) is 29.2 Å². The van der Waals surface area contributed by atoms with Gasteiger partial charge < -0.3 is 9.30 Å². The van der Waals surface area contributed by atoms with Gasteiger partial charge in [-0.25, -0.2) is 4.79 Å². The number of carbonyl (C=O) groups is 3. The smallest absolute Gasteiger partial charge is 0.329 e. The van der Waals surface area contributed by atoms with Crippen molar-refractivity contribution in [3.05, 3.63) is 56.7 Å². The Morgan fingerprint density at radius 2 is 1.97 bits per heavy atom. The number of carbonyl (C=O) groups excluding carboxylic acids is 3. The van der Waals surface area contributed by atoms with Gasteiger partial charge in [0.1, 0.15) is 6.04 Å². The third kappa shape index (κ3) is 3.91. The van der Waals surface area contributed by atoms with Crippen LogP contribution < -0.4 is 0 Å². The van der Waals surface area contributed by atoms with Gasteiger partial charge in [-0.2, -0.15) is 0 Å². The maximum atomic E-state index is 12.8. The summed E-state index contributed by atoms with van der Waals surface area (Å²) in [6.45, 7) is 9.23. The van der Waals surface area contributed by atoms with Crippen LogP contribution in [-0.2, 0) is 14.3 Å². The van der Waals surface area contributed by atoms with Crippen LogP contribution in [0, 0.1) is 20.8 Å². The Morgan fingerprint density at radius 3 is 2.63 bits per heavy atom. The molecule has 158 valence electrons. The zero-order valence-electron chi connectivity index (χ0n) is 17.5. The molecule has 1 aliphatic heterocycles. The number of aryl methyl sites for hydroxylation is 1. The van der Waals surface area contributed by atoms with E-state index in [0.29, 0.717) is 5.02 Å². The molecule has 1 aromatic carbocycles. The van der Waals surface area contributed by atoms with Crippen LogP contribution in [0.3, 0.4) is 0 Å². The van der Waals surface area contributed by atoms with E-state index in [1.165, 1.54) is 6.92 Å². The van der Waals surface area contributed by atoms with Crippen LogP contribution in [0.2, 0.25) is 5.02 Å². The molecule has 0 saturated carbocycles. The molecule has 0 aliphatic carbocycles. The molecule has 0 bridgehead atoms. The number of imide groups is 1. The van der Waals surface area contributed by atoms with Gasteiger partial charge in [-0.1, -0.05) is 17.7 Å². The second-order valence-electron chi connectivity index (χ2n) is 7.03. The summed E-state index contributed by atoms with van der Waals surface area (Å²) in [5.74, 6) is -1.09. The van der Waals surface area contributed by atoms with Gasteiger partial charge in [-0.05, 0) is 81.8 Å². The summed E-state index contributed by atoms with van der Waals surface area (Å²) in [7, 11) is 0. The molecule has 8 heteroatoms. The van der Waals surface area contributed by atoms with Gasteiger partial charge in [0.25, 0.3) is 11.1 Å². The molecule has 0 radical (unpaired) electrons. The van der Waals surface area contributed by atoms with Gasteiger partial charge in [-0.15, -0.1) is 0 Å². The van der Waals surface area contributed by atoms with E-state index in [-0.39, 0.29) is 11.5 Å². The average molecular weight is 447 g/mol. The average Bonchev–Trinajstić information content (AvgIpc) is 3.12. The van der Waals surface area contributed by atoms with Crippen molar-refractivity contribution in [1.29, 1.82) is 0 Å². The van der Waals surface area contributed by atoms with Crippen LogP contribution in [0.25, 0.3) is 11.8 Å². The second kappa shape index (κ2) is 8.70. The molecule has 1 saturated heterocycles. The minimum absolute atomic E-state index is 0.185. The minimum atomic E-state index is -0.968. The summed E-state index contributed by atoms with van der Waals surface area (Å²) in [6.07, 6.45) is 1.70. The van der Waals surface area contributed by atoms with Crippen molar-refractivity contribution in [1.82, 2.24) is 9.47 Å². The van der Waals surface area contributed by atoms with Crippen molar-refractivity contribution in [3.8, 4) is 5.69 Å². The highest BCUT2D eigenvalue weighted by atomic mass is 35.5. The Hall–Kier alpha value is -2.51. The first-order chi connectivity index (χ1) is 14.2. The number of aromatic nitrogens is 1. The Labute approximate surface area is 184 Å². The number of hydrogen-bond donors (Lipinski definition) is 0. The SMILES string of the molecule is CCOC(=O)[C@@H](C)N1C(=O)S/C(=C/c2cc(C)n(-c3cccc(Cl)c3C)c2C)C1=O. The van der Waals surface area contributed by atoms with E-state index in [1.54, 1.807) is 13.0 Å². The fraction of sp³-hybridized carbons (Fsp3) is 0.318. The lowest BCUT2D eigenvalue weighted by atomic mass is 10.2. The summed E-state index contributed by atoms with van der Waals surface area (Å²) in [6, 6.07) is 6.71. The van der Waals surface area contributed by atoms with Crippen molar-refractivity contribution in [3.63, 3.8) is 0 Å². The Morgan fingerprint density at radius 1 is 1.27 bits per heavy atom. The maximum Gasteiger partial charge on any atom is 0.329 e. The Balaban J connectivity index is 1.97. The normalized spacial score (nSPS) is 16.5. The van der Waals surface area contributed by atoms with Crippen molar-refractivity contribution >= 4 is 46.6 Å². The van der Waals surface area contributed by atoms with Crippen LogP contribution in [-0.4, -0.2) is 39.2 Å². The minimum Gasteiger partial charge on any atom is -0.464 e. The van der Waals surface area contributed by atoms with E-state index in [0.717, 1.165) is 44.9 Å². The van der Waals surface area contributed by atoms with E-state index < -0.39 is 23.2 Å².